The summed E-state index contributed by atoms with van der Waals surface area (Å²) in [7, 11) is 0. The van der Waals surface area contributed by atoms with Crippen molar-refractivity contribution in [1.82, 2.24) is 4.98 Å². The van der Waals surface area contributed by atoms with Crippen molar-refractivity contribution in [3.8, 4) is 22.4 Å². The molecule has 3 aromatic rings. The van der Waals surface area contributed by atoms with Gasteiger partial charge in [0.2, 0.25) is 0 Å². The molecule has 0 amide bonds. The SMILES string of the molecule is CCc1nc(-c2ccccc2)ccc1-c1ccccc1. The van der Waals surface area contributed by atoms with Crippen LogP contribution in [0.25, 0.3) is 22.4 Å². The van der Waals surface area contributed by atoms with Gasteiger partial charge in [0, 0.05) is 16.8 Å². The molecule has 3 rings (SSSR count). The number of benzene rings is 2. The maximum atomic E-state index is 4.84. The van der Waals surface area contributed by atoms with Gasteiger partial charge in [0.15, 0.2) is 0 Å². The first-order chi connectivity index (χ1) is 9.88. The molecule has 0 saturated carbocycles. The lowest BCUT2D eigenvalue weighted by molar-refractivity contribution is 1.04. The van der Waals surface area contributed by atoms with Gasteiger partial charge in [-0.3, -0.25) is 4.98 Å². The van der Waals surface area contributed by atoms with E-state index in [0.29, 0.717) is 0 Å². The predicted molar refractivity (Wildman–Crippen MR) is 84.5 cm³/mol. The Hall–Kier alpha value is -2.41. The average molecular weight is 259 g/mol. The molecule has 1 nitrogen and oxygen atoms in total. The van der Waals surface area contributed by atoms with E-state index in [9.17, 15) is 0 Å². The molecule has 0 spiro atoms. The van der Waals surface area contributed by atoms with Crippen LogP contribution in [0.5, 0.6) is 0 Å². The lowest BCUT2D eigenvalue weighted by atomic mass is 10.0. The highest BCUT2D eigenvalue weighted by Crippen LogP contribution is 2.26. The van der Waals surface area contributed by atoms with Gasteiger partial charge in [-0.15, -0.1) is 0 Å². The van der Waals surface area contributed by atoms with Crippen LogP contribution >= 0.6 is 0 Å². The maximum absolute atomic E-state index is 4.84. The second-order valence-corrected chi connectivity index (χ2v) is 4.78. The minimum absolute atomic E-state index is 0.935. The Morgan fingerprint density at radius 1 is 0.700 bits per heavy atom. The lowest BCUT2D eigenvalue weighted by Crippen LogP contribution is -1.94. The summed E-state index contributed by atoms with van der Waals surface area (Å²) in [5, 5.41) is 0. The molecule has 0 aliphatic carbocycles. The van der Waals surface area contributed by atoms with E-state index in [1.54, 1.807) is 0 Å². The summed E-state index contributed by atoms with van der Waals surface area (Å²) < 4.78 is 0. The third kappa shape index (κ3) is 2.48. The standard InChI is InChI=1S/C19H17N/c1-2-18-17(15-9-5-3-6-10-15)13-14-19(20-18)16-11-7-4-8-12-16/h3-14H,2H2,1H3. The van der Waals surface area contributed by atoms with E-state index in [0.717, 1.165) is 17.8 Å². The molecule has 0 unspecified atom stereocenters. The molecule has 0 bridgehead atoms. The molecule has 2 aromatic carbocycles. The molecule has 0 atom stereocenters. The highest BCUT2D eigenvalue weighted by molar-refractivity contribution is 5.69. The van der Waals surface area contributed by atoms with Crippen molar-refractivity contribution < 1.29 is 0 Å². The van der Waals surface area contributed by atoms with Crippen LogP contribution < -0.4 is 0 Å². The molecule has 0 fully saturated rings. The van der Waals surface area contributed by atoms with E-state index in [1.807, 2.05) is 24.3 Å². The van der Waals surface area contributed by atoms with E-state index in [2.05, 4.69) is 55.5 Å². The molecular weight excluding hydrogens is 242 g/mol. The van der Waals surface area contributed by atoms with Gasteiger partial charge < -0.3 is 0 Å². The van der Waals surface area contributed by atoms with Crippen LogP contribution in [0, 0.1) is 0 Å². The minimum atomic E-state index is 0.935. The average Bonchev–Trinajstić information content (AvgIpc) is 2.56. The largest absolute Gasteiger partial charge is 0.252 e. The minimum Gasteiger partial charge on any atom is -0.252 e. The molecule has 0 N–H and O–H groups in total. The Kier molecular flexibility index (Phi) is 3.60. The van der Waals surface area contributed by atoms with E-state index in [1.165, 1.54) is 16.7 Å². The molecule has 0 aliphatic heterocycles. The van der Waals surface area contributed by atoms with Crippen molar-refractivity contribution in [2.75, 3.05) is 0 Å². The number of hydrogen-bond donors (Lipinski definition) is 0. The fourth-order valence-electron chi connectivity index (χ4n) is 2.42. The van der Waals surface area contributed by atoms with E-state index >= 15 is 0 Å². The third-order valence-electron chi connectivity index (χ3n) is 3.46. The highest BCUT2D eigenvalue weighted by Gasteiger charge is 2.07. The maximum Gasteiger partial charge on any atom is 0.0705 e. The summed E-state index contributed by atoms with van der Waals surface area (Å²) in [5.41, 5.74) is 5.82. The first-order valence-corrected chi connectivity index (χ1v) is 6.99. The van der Waals surface area contributed by atoms with Gasteiger partial charge in [-0.25, -0.2) is 0 Å². The molecule has 20 heavy (non-hydrogen) atoms. The Balaban J connectivity index is 2.07. The van der Waals surface area contributed by atoms with Crippen LogP contribution in [0.3, 0.4) is 0 Å². The molecule has 0 radical (unpaired) electrons. The quantitative estimate of drug-likeness (QED) is 0.646. The normalized spacial score (nSPS) is 10.4. The van der Waals surface area contributed by atoms with Crippen molar-refractivity contribution in [3.05, 3.63) is 78.5 Å². The van der Waals surface area contributed by atoms with Crippen molar-refractivity contribution in [2.24, 2.45) is 0 Å². The molecule has 1 heterocycles. The number of nitrogens with zero attached hydrogens (tertiary/aromatic N) is 1. The van der Waals surface area contributed by atoms with E-state index in [4.69, 9.17) is 4.98 Å². The topological polar surface area (TPSA) is 12.9 Å². The number of aryl methyl sites for hydroxylation is 1. The van der Waals surface area contributed by atoms with Gasteiger partial charge in [-0.1, -0.05) is 73.7 Å². The second kappa shape index (κ2) is 5.70. The number of hydrogen-bond acceptors (Lipinski definition) is 1. The first-order valence-electron chi connectivity index (χ1n) is 6.99. The summed E-state index contributed by atoms with van der Waals surface area (Å²) in [6.45, 7) is 2.16. The monoisotopic (exact) mass is 259 g/mol. The van der Waals surface area contributed by atoms with Crippen molar-refractivity contribution >= 4 is 0 Å². The van der Waals surface area contributed by atoms with Crippen LogP contribution in [-0.4, -0.2) is 4.98 Å². The van der Waals surface area contributed by atoms with Crippen molar-refractivity contribution in [2.45, 2.75) is 13.3 Å². The van der Waals surface area contributed by atoms with Crippen molar-refractivity contribution in [1.29, 1.82) is 0 Å². The summed E-state index contributed by atoms with van der Waals surface area (Å²) >= 11 is 0. The molecule has 1 heteroatoms. The fourth-order valence-corrected chi connectivity index (χ4v) is 2.42. The molecule has 0 saturated heterocycles. The molecule has 0 aliphatic rings. The molecule has 98 valence electrons. The Bertz CT molecular complexity index is 687. The van der Waals surface area contributed by atoms with Gasteiger partial charge in [0.25, 0.3) is 0 Å². The van der Waals surface area contributed by atoms with Crippen LogP contribution in [0.15, 0.2) is 72.8 Å². The zero-order valence-electron chi connectivity index (χ0n) is 11.6. The lowest BCUT2D eigenvalue weighted by Gasteiger charge is -2.10. The van der Waals surface area contributed by atoms with E-state index in [-0.39, 0.29) is 0 Å². The van der Waals surface area contributed by atoms with Gasteiger partial charge in [0.1, 0.15) is 0 Å². The zero-order chi connectivity index (χ0) is 13.8. The third-order valence-corrected chi connectivity index (χ3v) is 3.46. The molecule has 1 aromatic heterocycles. The van der Waals surface area contributed by atoms with E-state index < -0.39 is 0 Å². The molecular formula is C19H17N. The number of aromatic nitrogens is 1. The van der Waals surface area contributed by atoms with Crippen LogP contribution in [0.2, 0.25) is 0 Å². The summed E-state index contributed by atoms with van der Waals surface area (Å²) in [5.74, 6) is 0. The number of rotatable bonds is 3. The smallest absolute Gasteiger partial charge is 0.0705 e. The van der Waals surface area contributed by atoms with Gasteiger partial charge >= 0.3 is 0 Å². The fraction of sp³-hybridized carbons (Fsp3) is 0.105. The Morgan fingerprint density at radius 3 is 1.90 bits per heavy atom. The Morgan fingerprint density at radius 2 is 1.30 bits per heavy atom. The summed E-state index contributed by atoms with van der Waals surface area (Å²) in [4.78, 5) is 4.84. The van der Waals surface area contributed by atoms with Crippen molar-refractivity contribution in [3.63, 3.8) is 0 Å². The number of pyridine rings is 1. The van der Waals surface area contributed by atoms with Gasteiger partial charge in [0.05, 0.1) is 5.69 Å². The highest BCUT2D eigenvalue weighted by atomic mass is 14.7. The summed E-state index contributed by atoms with van der Waals surface area (Å²) in [6.07, 6.45) is 0.935. The van der Waals surface area contributed by atoms with Gasteiger partial charge in [-0.05, 0) is 18.1 Å². The van der Waals surface area contributed by atoms with Crippen LogP contribution in [0.1, 0.15) is 12.6 Å². The first kappa shape index (κ1) is 12.6. The second-order valence-electron chi connectivity index (χ2n) is 4.78. The predicted octanol–water partition coefficient (Wildman–Crippen LogP) is 4.98. The zero-order valence-corrected chi connectivity index (χ0v) is 11.6. The van der Waals surface area contributed by atoms with Crippen LogP contribution in [-0.2, 0) is 6.42 Å². The van der Waals surface area contributed by atoms with Gasteiger partial charge in [-0.2, -0.15) is 0 Å². The van der Waals surface area contributed by atoms with Crippen LogP contribution in [0.4, 0.5) is 0 Å². The summed E-state index contributed by atoms with van der Waals surface area (Å²) in [6, 6.07) is 25.1. The Labute approximate surface area is 119 Å².